The predicted octanol–water partition coefficient (Wildman–Crippen LogP) is 2.69. The lowest BCUT2D eigenvalue weighted by atomic mass is 9.91. The Kier molecular flexibility index (Phi) is 6.38. The topological polar surface area (TPSA) is 79.7 Å². The van der Waals surface area contributed by atoms with Gasteiger partial charge in [0.25, 0.3) is 5.91 Å². The number of carbonyl (C=O) groups excluding carboxylic acids is 1. The highest BCUT2D eigenvalue weighted by Gasteiger charge is 2.29. The van der Waals surface area contributed by atoms with Crippen LogP contribution in [-0.4, -0.2) is 54.3 Å². The number of amides is 1. The van der Waals surface area contributed by atoms with Crippen molar-refractivity contribution in [2.75, 3.05) is 26.2 Å². The van der Waals surface area contributed by atoms with E-state index in [-0.39, 0.29) is 21.8 Å². The maximum absolute atomic E-state index is 13.2. The van der Waals surface area contributed by atoms with E-state index in [0.717, 1.165) is 6.42 Å². The molecule has 30 heavy (non-hydrogen) atoms. The fraction of sp³-hybridized carbons (Fsp3) is 0.545. The van der Waals surface area contributed by atoms with E-state index in [0.29, 0.717) is 43.5 Å². The van der Waals surface area contributed by atoms with Crippen LogP contribution in [0.3, 0.4) is 0 Å². The summed E-state index contributed by atoms with van der Waals surface area (Å²) in [6, 6.07) is 4.56. The van der Waals surface area contributed by atoms with Crippen molar-refractivity contribution in [1.29, 1.82) is 0 Å². The van der Waals surface area contributed by atoms with Crippen LogP contribution in [0.2, 0.25) is 0 Å². The Bertz CT molecular complexity index is 1110. The van der Waals surface area contributed by atoms with Gasteiger partial charge < -0.3 is 9.47 Å². The molecule has 7 nitrogen and oxygen atoms in total. The number of likely N-dealkylation sites (tertiary alicyclic amines) is 1. The van der Waals surface area contributed by atoms with Crippen LogP contribution in [0.25, 0.3) is 10.9 Å². The standard InChI is InChI=1S/C22H31N3O4S/c1-6-25(7-2)30(28,29)17-8-9-20-18(11-17)21(26)19(14-23(20)5)22(27)24-12-15(3)10-16(4)13-24/h8-9,11,14-16H,6-7,10,12-13H2,1-5H3. The number of carbonyl (C=O) groups is 1. The molecule has 0 saturated carbocycles. The molecule has 1 amide bonds. The van der Waals surface area contributed by atoms with Crippen LogP contribution in [0.4, 0.5) is 0 Å². The van der Waals surface area contributed by atoms with Crippen LogP contribution in [0.1, 0.15) is 44.5 Å². The first-order valence-corrected chi connectivity index (χ1v) is 12.0. The van der Waals surface area contributed by atoms with Crippen LogP contribution >= 0.6 is 0 Å². The highest BCUT2D eigenvalue weighted by molar-refractivity contribution is 7.89. The van der Waals surface area contributed by atoms with Crippen molar-refractivity contribution >= 4 is 26.8 Å². The third-order valence-electron chi connectivity index (χ3n) is 5.89. The molecular weight excluding hydrogens is 402 g/mol. The Morgan fingerprint density at radius 1 is 1.13 bits per heavy atom. The molecule has 2 unspecified atom stereocenters. The van der Waals surface area contributed by atoms with E-state index in [1.807, 2.05) is 0 Å². The van der Waals surface area contributed by atoms with Gasteiger partial charge in [0.1, 0.15) is 5.56 Å². The summed E-state index contributed by atoms with van der Waals surface area (Å²) in [5.41, 5.74) is 0.259. The number of pyridine rings is 1. The number of benzene rings is 1. The molecule has 0 N–H and O–H groups in total. The molecule has 1 saturated heterocycles. The van der Waals surface area contributed by atoms with Gasteiger partial charge in [-0.2, -0.15) is 4.31 Å². The Morgan fingerprint density at radius 2 is 1.73 bits per heavy atom. The normalized spacial score (nSPS) is 20.1. The number of aryl methyl sites for hydroxylation is 1. The molecular formula is C22H31N3O4S. The zero-order chi connectivity index (χ0) is 22.2. The van der Waals surface area contributed by atoms with Gasteiger partial charge in [-0.15, -0.1) is 0 Å². The van der Waals surface area contributed by atoms with Crippen LogP contribution in [0.5, 0.6) is 0 Å². The third-order valence-corrected chi connectivity index (χ3v) is 7.94. The van der Waals surface area contributed by atoms with Crippen molar-refractivity contribution < 1.29 is 13.2 Å². The third kappa shape index (κ3) is 4.03. The zero-order valence-electron chi connectivity index (χ0n) is 18.4. The molecule has 0 radical (unpaired) electrons. The molecule has 2 aromatic rings. The fourth-order valence-corrected chi connectivity index (χ4v) is 5.98. The fourth-order valence-electron chi connectivity index (χ4n) is 4.50. The maximum Gasteiger partial charge on any atom is 0.259 e. The molecule has 1 fully saturated rings. The molecule has 1 aromatic heterocycles. The van der Waals surface area contributed by atoms with E-state index < -0.39 is 15.5 Å². The van der Waals surface area contributed by atoms with E-state index in [1.165, 1.54) is 16.4 Å². The van der Waals surface area contributed by atoms with Gasteiger partial charge in [-0.25, -0.2) is 8.42 Å². The molecule has 0 spiro atoms. The smallest absolute Gasteiger partial charge is 0.259 e. The number of hydrogen-bond acceptors (Lipinski definition) is 4. The SMILES string of the molecule is CCN(CC)S(=O)(=O)c1ccc2c(c1)c(=O)c(C(=O)N1CC(C)CC(C)C1)cn2C. The minimum absolute atomic E-state index is 0.0700. The summed E-state index contributed by atoms with van der Waals surface area (Å²) >= 11 is 0. The second-order valence-electron chi connectivity index (χ2n) is 8.41. The molecule has 1 aliphatic heterocycles. The first-order valence-electron chi connectivity index (χ1n) is 10.5. The molecule has 1 aromatic carbocycles. The van der Waals surface area contributed by atoms with Crippen LogP contribution in [-0.2, 0) is 17.1 Å². The summed E-state index contributed by atoms with van der Waals surface area (Å²) in [5, 5.41) is 0.245. The summed E-state index contributed by atoms with van der Waals surface area (Å²) in [6.07, 6.45) is 2.63. The Hall–Kier alpha value is -2.19. The number of hydrogen-bond donors (Lipinski definition) is 0. The minimum atomic E-state index is -3.70. The van der Waals surface area contributed by atoms with Crippen LogP contribution < -0.4 is 5.43 Å². The lowest BCUT2D eigenvalue weighted by Gasteiger charge is -2.35. The van der Waals surface area contributed by atoms with Gasteiger partial charge >= 0.3 is 0 Å². The maximum atomic E-state index is 13.2. The summed E-state index contributed by atoms with van der Waals surface area (Å²) in [7, 11) is -1.94. The predicted molar refractivity (Wildman–Crippen MR) is 118 cm³/mol. The highest BCUT2D eigenvalue weighted by atomic mass is 32.2. The van der Waals surface area contributed by atoms with Crippen molar-refractivity contribution in [1.82, 2.24) is 13.8 Å². The number of piperidine rings is 1. The molecule has 0 bridgehead atoms. The van der Waals surface area contributed by atoms with E-state index in [2.05, 4.69) is 13.8 Å². The second kappa shape index (κ2) is 8.51. The number of fused-ring (bicyclic) bond motifs is 1. The molecule has 3 rings (SSSR count). The van der Waals surface area contributed by atoms with Crippen molar-refractivity contribution in [2.45, 2.75) is 39.0 Å². The zero-order valence-corrected chi connectivity index (χ0v) is 19.2. The lowest BCUT2D eigenvalue weighted by Crippen LogP contribution is -2.44. The number of rotatable bonds is 5. The van der Waals surface area contributed by atoms with E-state index >= 15 is 0 Å². The Morgan fingerprint density at radius 3 is 2.30 bits per heavy atom. The molecule has 2 atom stereocenters. The first kappa shape index (κ1) is 22.5. The van der Waals surface area contributed by atoms with Crippen molar-refractivity contribution in [2.24, 2.45) is 18.9 Å². The first-order chi connectivity index (χ1) is 14.1. The number of sulfonamides is 1. The van der Waals surface area contributed by atoms with E-state index in [9.17, 15) is 18.0 Å². The molecule has 0 aliphatic carbocycles. The largest absolute Gasteiger partial charge is 0.350 e. The van der Waals surface area contributed by atoms with Crippen molar-refractivity contribution in [3.63, 3.8) is 0 Å². The van der Waals surface area contributed by atoms with Crippen molar-refractivity contribution in [3.8, 4) is 0 Å². The van der Waals surface area contributed by atoms with Gasteiger partial charge in [0.05, 0.1) is 10.4 Å². The van der Waals surface area contributed by atoms with Crippen LogP contribution in [0.15, 0.2) is 34.1 Å². The van der Waals surface area contributed by atoms with Gasteiger partial charge in [0.2, 0.25) is 15.5 Å². The Balaban J connectivity index is 2.11. The molecule has 164 valence electrons. The number of nitrogens with zero attached hydrogens (tertiary/aromatic N) is 3. The van der Waals surface area contributed by atoms with Gasteiger partial charge in [-0.05, 0) is 36.5 Å². The molecule has 2 heterocycles. The average molecular weight is 434 g/mol. The quantitative estimate of drug-likeness (QED) is 0.726. The summed E-state index contributed by atoms with van der Waals surface area (Å²) < 4.78 is 28.9. The van der Waals surface area contributed by atoms with Crippen molar-refractivity contribution in [3.05, 3.63) is 40.2 Å². The molecule has 1 aliphatic rings. The summed E-state index contributed by atoms with van der Waals surface area (Å²) in [6.45, 7) is 9.72. The average Bonchev–Trinajstić information content (AvgIpc) is 2.69. The second-order valence-corrected chi connectivity index (χ2v) is 10.3. The summed E-state index contributed by atoms with van der Waals surface area (Å²) in [5.74, 6) is 0.480. The van der Waals surface area contributed by atoms with Gasteiger partial charge in [0, 0.05) is 44.8 Å². The minimum Gasteiger partial charge on any atom is -0.350 e. The van der Waals surface area contributed by atoms with E-state index in [1.54, 1.807) is 42.6 Å². The van der Waals surface area contributed by atoms with E-state index in [4.69, 9.17) is 0 Å². The monoisotopic (exact) mass is 433 g/mol. The Labute approximate surface area is 178 Å². The lowest BCUT2D eigenvalue weighted by molar-refractivity contribution is 0.0621. The van der Waals surface area contributed by atoms with Gasteiger partial charge in [-0.1, -0.05) is 27.7 Å². The summed E-state index contributed by atoms with van der Waals surface area (Å²) in [4.78, 5) is 28.2. The molecule has 8 heteroatoms. The number of aromatic nitrogens is 1. The van der Waals surface area contributed by atoms with Gasteiger partial charge in [0.15, 0.2) is 0 Å². The van der Waals surface area contributed by atoms with Crippen LogP contribution in [0, 0.1) is 11.8 Å². The highest BCUT2D eigenvalue weighted by Crippen LogP contribution is 2.24. The van der Waals surface area contributed by atoms with Gasteiger partial charge in [-0.3, -0.25) is 9.59 Å².